The average molecular weight is 365 g/mol. The van der Waals surface area contributed by atoms with Crippen LogP contribution in [0.4, 0.5) is 10.1 Å². The highest BCUT2D eigenvalue weighted by molar-refractivity contribution is 7.12. The highest BCUT2D eigenvalue weighted by Crippen LogP contribution is 2.46. The van der Waals surface area contributed by atoms with E-state index in [0.717, 1.165) is 6.07 Å². The number of halogens is 1. The van der Waals surface area contributed by atoms with E-state index in [9.17, 15) is 19.1 Å². The number of carbonyl (C=O) groups is 2. The number of carbonyl (C=O) groups excluding carboxylic acids is 1. The summed E-state index contributed by atoms with van der Waals surface area (Å²) in [6, 6.07) is 3.37. The molecule has 2 N–H and O–H groups in total. The lowest BCUT2D eigenvalue weighted by atomic mass is 9.92. The maximum absolute atomic E-state index is 13.9. The Bertz CT molecular complexity index is 850. The van der Waals surface area contributed by atoms with Gasteiger partial charge < -0.3 is 19.8 Å². The number of phenolic OH excluding ortho intramolecular Hbond substituents is 1. The number of thiophene rings is 1. The number of methoxy groups -OCH3 is 1. The normalized spacial score (nSPS) is 18.9. The highest BCUT2D eigenvalue weighted by Gasteiger charge is 2.41. The van der Waals surface area contributed by atoms with Gasteiger partial charge in [0.2, 0.25) is 0 Å². The number of hydrogen-bond acceptors (Lipinski definition) is 5. The third-order valence-electron chi connectivity index (χ3n) is 4.38. The topological polar surface area (TPSA) is 87.1 Å². The smallest absolute Gasteiger partial charge is 0.304 e. The van der Waals surface area contributed by atoms with E-state index in [4.69, 9.17) is 9.84 Å². The standard InChI is InChI=1S/C17H16FNO5S/c1-8-10(5-15(21)22)11-4-14(20)12(18)6-13(11)19(8)17(23)9-3-16(24-2)25-7-9/h3-4,6-8,10,20H,5H2,1-2H3,(H,21,22). The molecule has 3 rings (SSSR count). The van der Waals surface area contributed by atoms with E-state index < -0.39 is 29.5 Å². The van der Waals surface area contributed by atoms with Crippen LogP contribution in [0.3, 0.4) is 0 Å². The van der Waals surface area contributed by atoms with Crippen LogP contribution in [0, 0.1) is 5.82 Å². The van der Waals surface area contributed by atoms with Crippen LogP contribution in [-0.4, -0.2) is 35.2 Å². The predicted octanol–water partition coefficient (Wildman–Crippen LogP) is 3.21. The zero-order valence-electron chi connectivity index (χ0n) is 13.5. The summed E-state index contributed by atoms with van der Waals surface area (Å²) < 4.78 is 19.0. The van der Waals surface area contributed by atoms with Gasteiger partial charge in [-0.2, -0.15) is 0 Å². The Kier molecular flexibility index (Phi) is 4.38. The molecule has 0 fully saturated rings. The van der Waals surface area contributed by atoms with Crippen molar-refractivity contribution >= 4 is 28.9 Å². The van der Waals surface area contributed by atoms with Gasteiger partial charge in [0.05, 0.1) is 24.8 Å². The summed E-state index contributed by atoms with van der Waals surface area (Å²) >= 11 is 1.26. The Morgan fingerprint density at radius 2 is 2.08 bits per heavy atom. The first-order valence-electron chi connectivity index (χ1n) is 7.53. The minimum atomic E-state index is -1.03. The molecule has 0 spiro atoms. The number of benzene rings is 1. The molecule has 2 unspecified atom stereocenters. The monoisotopic (exact) mass is 365 g/mol. The van der Waals surface area contributed by atoms with Crippen molar-refractivity contribution in [2.75, 3.05) is 12.0 Å². The number of anilines is 1. The van der Waals surface area contributed by atoms with Crippen LogP contribution in [-0.2, 0) is 4.79 Å². The van der Waals surface area contributed by atoms with Crippen LogP contribution in [0.25, 0.3) is 0 Å². The number of carboxylic acids is 1. The molecule has 0 radical (unpaired) electrons. The molecule has 0 bridgehead atoms. The van der Waals surface area contributed by atoms with Crippen LogP contribution in [0.1, 0.15) is 35.2 Å². The second-order valence-electron chi connectivity index (χ2n) is 5.84. The minimum absolute atomic E-state index is 0.226. The second-order valence-corrected chi connectivity index (χ2v) is 6.71. The summed E-state index contributed by atoms with van der Waals surface area (Å²) in [6.45, 7) is 1.71. The van der Waals surface area contributed by atoms with Crippen LogP contribution < -0.4 is 9.64 Å². The summed E-state index contributed by atoms with van der Waals surface area (Å²) in [7, 11) is 1.49. The number of carboxylic acid groups (broad SMARTS) is 1. The lowest BCUT2D eigenvalue weighted by Crippen LogP contribution is -2.37. The van der Waals surface area contributed by atoms with Gasteiger partial charge in [0.25, 0.3) is 5.91 Å². The first-order chi connectivity index (χ1) is 11.8. The number of ether oxygens (including phenoxy) is 1. The van der Waals surface area contributed by atoms with E-state index in [1.807, 2.05) is 0 Å². The summed E-state index contributed by atoms with van der Waals surface area (Å²) in [6.07, 6.45) is -0.226. The van der Waals surface area contributed by atoms with Crippen molar-refractivity contribution < 1.29 is 28.9 Å². The largest absolute Gasteiger partial charge is 0.505 e. The summed E-state index contributed by atoms with van der Waals surface area (Å²) in [5, 5.41) is 21.0. The molecule has 2 aromatic rings. The summed E-state index contributed by atoms with van der Waals surface area (Å²) in [4.78, 5) is 25.5. The van der Waals surface area contributed by atoms with Crippen LogP contribution >= 0.6 is 11.3 Å². The van der Waals surface area contributed by atoms with Crippen molar-refractivity contribution in [2.45, 2.75) is 25.3 Å². The Morgan fingerprint density at radius 1 is 1.36 bits per heavy atom. The number of phenols is 1. The Hall–Kier alpha value is -2.61. The minimum Gasteiger partial charge on any atom is -0.505 e. The molecule has 0 saturated carbocycles. The van der Waals surface area contributed by atoms with Gasteiger partial charge in [-0.15, -0.1) is 11.3 Å². The Morgan fingerprint density at radius 3 is 2.68 bits per heavy atom. The van der Waals surface area contributed by atoms with Crippen LogP contribution in [0.5, 0.6) is 10.8 Å². The zero-order valence-corrected chi connectivity index (χ0v) is 14.3. The molecule has 1 aromatic heterocycles. The number of aromatic hydroxyl groups is 1. The van der Waals surface area contributed by atoms with Crippen LogP contribution in [0.15, 0.2) is 23.6 Å². The number of nitrogens with zero attached hydrogens (tertiary/aromatic N) is 1. The van der Waals surface area contributed by atoms with Crippen molar-refractivity contribution in [3.63, 3.8) is 0 Å². The molecule has 2 atom stereocenters. The van der Waals surface area contributed by atoms with E-state index in [2.05, 4.69) is 0 Å². The predicted molar refractivity (Wildman–Crippen MR) is 90.2 cm³/mol. The SMILES string of the molecule is COc1cc(C(=O)N2c3cc(F)c(O)cc3C(CC(=O)O)C2C)cs1. The van der Waals surface area contributed by atoms with Gasteiger partial charge in [-0.25, -0.2) is 4.39 Å². The van der Waals surface area contributed by atoms with E-state index >= 15 is 0 Å². The first-order valence-corrected chi connectivity index (χ1v) is 8.41. The number of amides is 1. The van der Waals surface area contributed by atoms with E-state index in [1.165, 1.54) is 29.4 Å². The lowest BCUT2D eigenvalue weighted by molar-refractivity contribution is -0.137. The van der Waals surface area contributed by atoms with Gasteiger partial charge in [-0.05, 0) is 18.6 Å². The molecule has 0 saturated heterocycles. The molecule has 1 amide bonds. The van der Waals surface area contributed by atoms with E-state index in [-0.39, 0.29) is 18.0 Å². The average Bonchev–Trinajstić information content (AvgIpc) is 3.12. The number of fused-ring (bicyclic) bond motifs is 1. The fourth-order valence-electron chi connectivity index (χ4n) is 3.17. The Balaban J connectivity index is 2.06. The molecule has 2 heterocycles. The summed E-state index contributed by atoms with van der Waals surface area (Å²) in [5.41, 5.74) is 1.11. The van der Waals surface area contributed by atoms with Crippen molar-refractivity contribution in [2.24, 2.45) is 0 Å². The lowest BCUT2D eigenvalue weighted by Gasteiger charge is -2.24. The van der Waals surface area contributed by atoms with Gasteiger partial charge in [0.15, 0.2) is 16.6 Å². The molecular weight excluding hydrogens is 349 g/mol. The van der Waals surface area contributed by atoms with Gasteiger partial charge in [-0.1, -0.05) is 0 Å². The molecule has 132 valence electrons. The van der Waals surface area contributed by atoms with Gasteiger partial charge in [0, 0.05) is 29.5 Å². The maximum Gasteiger partial charge on any atom is 0.304 e. The molecule has 8 heteroatoms. The molecule has 1 aliphatic heterocycles. The van der Waals surface area contributed by atoms with Crippen molar-refractivity contribution in [3.05, 3.63) is 40.5 Å². The summed E-state index contributed by atoms with van der Waals surface area (Å²) in [5.74, 6) is -3.36. The van der Waals surface area contributed by atoms with Gasteiger partial charge in [-0.3, -0.25) is 9.59 Å². The van der Waals surface area contributed by atoms with E-state index in [0.29, 0.717) is 16.2 Å². The van der Waals surface area contributed by atoms with Gasteiger partial charge in [0.1, 0.15) is 0 Å². The fourth-order valence-corrected chi connectivity index (χ4v) is 3.87. The second kappa shape index (κ2) is 6.36. The van der Waals surface area contributed by atoms with Gasteiger partial charge >= 0.3 is 5.97 Å². The zero-order chi connectivity index (χ0) is 18.3. The molecule has 1 aromatic carbocycles. The third-order valence-corrected chi connectivity index (χ3v) is 5.27. The Labute approximate surface area is 147 Å². The van der Waals surface area contributed by atoms with Crippen molar-refractivity contribution in [3.8, 4) is 10.8 Å². The van der Waals surface area contributed by atoms with E-state index in [1.54, 1.807) is 18.4 Å². The number of hydrogen-bond donors (Lipinski definition) is 2. The van der Waals surface area contributed by atoms with Crippen LogP contribution in [0.2, 0.25) is 0 Å². The van der Waals surface area contributed by atoms with Crippen molar-refractivity contribution in [1.82, 2.24) is 0 Å². The van der Waals surface area contributed by atoms with Crippen molar-refractivity contribution in [1.29, 1.82) is 0 Å². The quantitative estimate of drug-likeness (QED) is 0.869. The number of rotatable bonds is 4. The molecular formula is C17H16FNO5S. The fraction of sp³-hybridized carbons (Fsp3) is 0.294. The first kappa shape index (κ1) is 17.2. The number of aliphatic carboxylic acids is 1. The molecule has 6 nitrogen and oxygen atoms in total. The highest BCUT2D eigenvalue weighted by atomic mass is 32.1. The molecule has 25 heavy (non-hydrogen) atoms. The molecule has 0 aliphatic carbocycles. The third kappa shape index (κ3) is 2.93. The molecule has 1 aliphatic rings. The maximum atomic E-state index is 13.9.